The minimum Gasteiger partial charge on any atom is -0.426 e. The van der Waals surface area contributed by atoms with Crippen molar-refractivity contribution >= 4 is 28.7 Å². The van der Waals surface area contributed by atoms with Gasteiger partial charge < -0.3 is 10.5 Å². The van der Waals surface area contributed by atoms with Crippen molar-refractivity contribution in [2.75, 3.05) is 6.54 Å². The van der Waals surface area contributed by atoms with Crippen LogP contribution in [0, 0.1) is 6.92 Å². The number of benzene rings is 1. The predicted octanol–water partition coefficient (Wildman–Crippen LogP) is 0.928. The van der Waals surface area contributed by atoms with Crippen LogP contribution in [-0.2, 0) is 14.4 Å². The van der Waals surface area contributed by atoms with Crippen molar-refractivity contribution in [1.29, 1.82) is 0 Å². The Bertz CT molecular complexity index is 847. The Morgan fingerprint density at radius 1 is 1.38 bits per heavy atom. The van der Waals surface area contributed by atoms with Crippen molar-refractivity contribution in [3.63, 3.8) is 0 Å². The van der Waals surface area contributed by atoms with Crippen LogP contribution in [0.1, 0.15) is 30.0 Å². The Labute approximate surface area is 138 Å². The first kappa shape index (κ1) is 16.1. The highest BCUT2D eigenvalue weighted by Crippen LogP contribution is 2.30. The van der Waals surface area contributed by atoms with Gasteiger partial charge in [-0.15, -0.1) is 0 Å². The summed E-state index contributed by atoms with van der Waals surface area (Å²) in [4.78, 5) is 39.2. The number of hydrogen-bond donors (Lipinski definition) is 2. The van der Waals surface area contributed by atoms with E-state index in [-0.39, 0.29) is 18.4 Å². The Kier molecular flexibility index (Phi) is 4.26. The molecule has 2 aromatic rings. The fourth-order valence-electron chi connectivity index (χ4n) is 2.85. The third kappa shape index (κ3) is 3.11. The summed E-state index contributed by atoms with van der Waals surface area (Å²) >= 11 is 0. The smallest absolute Gasteiger partial charge is 0.325 e. The molecule has 1 aliphatic rings. The predicted molar refractivity (Wildman–Crippen MR) is 86.3 cm³/mol. The minimum absolute atomic E-state index is 0.203. The van der Waals surface area contributed by atoms with Crippen LogP contribution in [0.25, 0.3) is 10.9 Å². The third-order valence-corrected chi connectivity index (χ3v) is 4.03. The molecule has 2 heterocycles. The number of piperidine rings is 1. The Balaban J connectivity index is 1.99. The van der Waals surface area contributed by atoms with E-state index in [0.717, 1.165) is 22.2 Å². The lowest BCUT2D eigenvalue weighted by molar-refractivity contribution is -0.134. The molecule has 24 heavy (non-hydrogen) atoms. The number of aromatic nitrogens is 1. The van der Waals surface area contributed by atoms with E-state index in [9.17, 15) is 14.4 Å². The molecule has 7 nitrogen and oxygen atoms in total. The zero-order valence-corrected chi connectivity index (χ0v) is 13.2. The number of rotatable bonds is 3. The molecule has 0 spiro atoms. The maximum atomic E-state index is 12.1. The van der Waals surface area contributed by atoms with Gasteiger partial charge in [0.1, 0.15) is 5.75 Å². The lowest BCUT2D eigenvalue weighted by Gasteiger charge is -2.22. The first-order valence-electron chi connectivity index (χ1n) is 7.63. The van der Waals surface area contributed by atoms with E-state index in [2.05, 4.69) is 10.3 Å². The van der Waals surface area contributed by atoms with Gasteiger partial charge in [0.05, 0.1) is 18.0 Å². The number of carbonyl (C=O) groups excluding carboxylic acids is 3. The number of hydrogen-bond acceptors (Lipinski definition) is 6. The highest BCUT2D eigenvalue weighted by Gasteiger charge is 2.29. The highest BCUT2D eigenvalue weighted by atomic mass is 16.5. The summed E-state index contributed by atoms with van der Waals surface area (Å²) in [5.74, 6) is -1.12. The number of nitrogens with two attached hydrogens (primary N) is 1. The van der Waals surface area contributed by atoms with E-state index in [1.165, 1.54) is 0 Å². The fraction of sp³-hybridized carbons (Fsp3) is 0.294. The molecule has 1 saturated heterocycles. The Morgan fingerprint density at radius 3 is 2.88 bits per heavy atom. The van der Waals surface area contributed by atoms with E-state index >= 15 is 0 Å². The number of pyridine rings is 1. The maximum Gasteiger partial charge on any atom is 0.325 e. The number of carbonyl (C=O) groups is 3. The highest BCUT2D eigenvalue weighted by molar-refractivity contribution is 6.01. The average Bonchev–Trinajstić information content (AvgIpc) is 2.55. The molecule has 3 N–H and O–H groups in total. The van der Waals surface area contributed by atoms with Crippen molar-refractivity contribution in [3.05, 3.63) is 35.5 Å². The Morgan fingerprint density at radius 2 is 2.17 bits per heavy atom. The molecule has 7 heteroatoms. The maximum absolute atomic E-state index is 12.1. The average molecular weight is 327 g/mol. The van der Waals surface area contributed by atoms with E-state index in [1.807, 2.05) is 13.0 Å². The van der Waals surface area contributed by atoms with Crippen LogP contribution >= 0.6 is 0 Å². The molecule has 1 fully saturated rings. The van der Waals surface area contributed by atoms with Gasteiger partial charge in [0.25, 0.3) is 0 Å². The minimum atomic E-state index is -0.528. The van der Waals surface area contributed by atoms with Crippen LogP contribution in [0.4, 0.5) is 0 Å². The van der Waals surface area contributed by atoms with Gasteiger partial charge >= 0.3 is 5.97 Å². The standard InChI is InChI=1S/C17H17N3O4/c1-9-13(12-3-5-15(21)20-17(12)23)7-10-6-11(24-16(22)8-18)2-4-14(10)19-9/h2,4,6-7,12H,3,5,8,18H2,1H3,(H,20,21,23). The lowest BCUT2D eigenvalue weighted by Crippen LogP contribution is -2.39. The number of nitrogens with zero attached hydrogens (tertiary/aromatic N) is 1. The van der Waals surface area contributed by atoms with Gasteiger partial charge in [-0.25, -0.2) is 0 Å². The molecule has 0 aliphatic carbocycles. The van der Waals surface area contributed by atoms with Gasteiger partial charge in [-0.1, -0.05) is 0 Å². The summed E-state index contributed by atoms with van der Waals surface area (Å²) in [6.07, 6.45) is 0.766. The summed E-state index contributed by atoms with van der Waals surface area (Å²) in [6, 6.07) is 6.94. The Hall–Kier alpha value is -2.80. The second-order valence-corrected chi connectivity index (χ2v) is 5.70. The second-order valence-electron chi connectivity index (χ2n) is 5.70. The van der Waals surface area contributed by atoms with Gasteiger partial charge in [-0.2, -0.15) is 0 Å². The van der Waals surface area contributed by atoms with Gasteiger partial charge in [-0.05, 0) is 43.2 Å². The third-order valence-electron chi connectivity index (χ3n) is 4.03. The molecule has 0 saturated carbocycles. The zero-order chi connectivity index (χ0) is 17.3. The van der Waals surface area contributed by atoms with Crippen molar-refractivity contribution < 1.29 is 19.1 Å². The second kappa shape index (κ2) is 6.37. The largest absolute Gasteiger partial charge is 0.426 e. The quantitative estimate of drug-likeness (QED) is 0.493. The number of nitrogens with one attached hydrogen (secondary N) is 1. The molecule has 1 aliphatic heterocycles. The first-order valence-corrected chi connectivity index (χ1v) is 7.63. The van der Waals surface area contributed by atoms with Crippen molar-refractivity contribution in [3.8, 4) is 5.75 Å². The van der Waals surface area contributed by atoms with Crippen LogP contribution in [-0.4, -0.2) is 29.3 Å². The number of aryl methyl sites for hydroxylation is 1. The fourth-order valence-corrected chi connectivity index (χ4v) is 2.85. The number of amides is 2. The first-order chi connectivity index (χ1) is 11.5. The van der Waals surface area contributed by atoms with E-state index < -0.39 is 11.9 Å². The van der Waals surface area contributed by atoms with Crippen molar-refractivity contribution in [2.45, 2.75) is 25.7 Å². The van der Waals surface area contributed by atoms with Gasteiger partial charge in [0.15, 0.2) is 0 Å². The molecule has 1 aromatic heterocycles. The molecule has 1 unspecified atom stereocenters. The topological polar surface area (TPSA) is 111 Å². The van der Waals surface area contributed by atoms with Gasteiger partial charge in [-0.3, -0.25) is 24.7 Å². The number of fused-ring (bicyclic) bond motifs is 1. The van der Waals surface area contributed by atoms with Gasteiger partial charge in [0.2, 0.25) is 11.8 Å². The summed E-state index contributed by atoms with van der Waals surface area (Å²) in [6.45, 7) is 1.63. The molecule has 2 amide bonds. The molecule has 1 atom stereocenters. The summed E-state index contributed by atoms with van der Waals surface area (Å²) in [5, 5.41) is 3.11. The molecule has 3 rings (SSSR count). The van der Waals surface area contributed by atoms with Crippen LogP contribution < -0.4 is 15.8 Å². The van der Waals surface area contributed by atoms with E-state index in [4.69, 9.17) is 10.5 Å². The normalized spacial score (nSPS) is 17.7. The van der Waals surface area contributed by atoms with Crippen LogP contribution in [0.5, 0.6) is 5.75 Å². The van der Waals surface area contributed by atoms with Crippen molar-refractivity contribution in [1.82, 2.24) is 10.3 Å². The summed E-state index contributed by atoms with van der Waals surface area (Å²) in [7, 11) is 0. The number of ether oxygens (including phenoxy) is 1. The molecule has 0 radical (unpaired) electrons. The van der Waals surface area contributed by atoms with Crippen LogP contribution in [0.2, 0.25) is 0 Å². The van der Waals surface area contributed by atoms with Crippen molar-refractivity contribution in [2.24, 2.45) is 5.73 Å². The summed E-state index contributed by atoms with van der Waals surface area (Å²) in [5.41, 5.74) is 7.49. The van der Waals surface area contributed by atoms with Crippen LogP contribution in [0.3, 0.4) is 0 Å². The summed E-state index contributed by atoms with van der Waals surface area (Å²) < 4.78 is 5.11. The molecular weight excluding hydrogens is 310 g/mol. The monoisotopic (exact) mass is 327 g/mol. The molecule has 0 bridgehead atoms. The van der Waals surface area contributed by atoms with E-state index in [1.54, 1.807) is 18.2 Å². The molecule has 124 valence electrons. The zero-order valence-electron chi connectivity index (χ0n) is 13.2. The molecular formula is C17H17N3O4. The van der Waals surface area contributed by atoms with Gasteiger partial charge in [0, 0.05) is 17.5 Å². The SMILES string of the molecule is Cc1nc2ccc(OC(=O)CN)cc2cc1C1CCC(=O)NC1=O. The number of imide groups is 1. The van der Waals surface area contributed by atoms with Crippen LogP contribution in [0.15, 0.2) is 24.3 Å². The molecule has 1 aromatic carbocycles. The lowest BCUT2D eigenvalue weighted by atomic mass is 9.89. The van der Waals surface area contributed by atoms with E-state index in [0.29, 0.717) is 18.6 Å². The number of esters is 1.